The number of carbonyl (C=O) groups excluding carboxylic acids is 2. The number of aliphatic carboxylic acids is 1. The average molecular weight is 1130 g/mol. The Labute approximate surface area is 497 Å². The van der Waals surface area contributed by atoms with Crippen molar-refractivity contribution in [3.8, 4) is 0 Å². The summed E-state index contributed by atoms with van der Waals surface area (Å²) in [5.74, 6) is -2.03. The topological polar surface area (TPSA) is 108 Å². The molecule has 0 fully saturated rings. The Bertz CT molecular complexity index is 1790. The van der Waals surface area contributed by atoms with E-state index in [1.165, 1.54) is 89.9 Å². The number of esters is 2. The minimum absolute atomic E-state index is 0.180. The van der Waals surface area contributed by atoms with E-state index in [-0.39, 0.29) is 38.6 Å². The lowest BCUT2D eigenvalue weighted by molar-refractivity contribution is -0.870. The summed E-state index contributed by atoms with van der Waals surface area (Å²) in [6.07, 6.45) is 85.5. The molecule has 0 heterocycles. The third-order valence-corrected chi connectivity index (χ3v) is 13.4. The summed E-state index contributed by atoms with van der Waals surface area (Å²) in [6.45, 7) is 4.71. The van der Waals surface area contributed by atoms with Crippen LogP contribution in [0.15, 0.2) is 134 Å². The maximum atomic E-state index is 12.9. The van der Waals surface area contributed by atoms with E-state index in [0.717, 1.165) is 122 Å². The molecule has 0 rings (SSSR count). The maximum absolute atomic E-state index is 12.9. The molecule has 1 N–H and O–H groups in total. The van der Waals surface area contributed by atoms with Gasteiger partial charge in [0.1, 0.15) is 13.2 Å². The molecule has 81 heavy (non-hydrogen) atoms. The van der Waals surface area contributed by atoms with E-state index in [1.807, 2.05) is 21.1 Å². The van der Waals surface area contributed by atoms with Crippen LogP contribution in [-0.2, 0) is 33.3 Å². The summed E-state index contributed by atoms with van der Waals surface area (Å²) in [7, 11) is 5.96. The minimum Gasteiger partial charge on any atom is -0.477 e. The van der Waals surface area contributed by atoms with Gasteiger partial charge < -0.3 is 28.5 Å². The summed E-state index contributed by atoms with van der Waals surface area (Å²) in [4.78, 5) is 37.4. The molecule has 0 spiro atoms. The molecule has 0 saturated carbocycles. The Morgan fingerprint density at radius 3 is 1.05 bits per heavy atom. The number of carboxylic acids is 1. The molecule has 0 aromatic rings. The first-order valence-electron chi connectivity index (χ1n) is 32.3. The minimum atomic E-state index is -1.52. The number of hydrogen-bond acceptors (Lipinski definition) is 7. The van der Waals surface area contributed by atoms with Gasteiger partial charge in [-0.05, 0) is 116 Å². The number of ether oxygens (including phenoxy) is 4. The lowest BCUT2D eigenvalue weighted by Crippen LogP contribution is -2.40. The monoisotopic (exact) mass is 1130 g/mol. The van der Waals surface area contributed by atoms with Crippen LogP contribution in [0, 0.1) is 0 Å². The fourth-order valence-electron chi connectivity index (χ4n) is 8.45. The molecule has 0 aromatic heterocycles. The zero-order valence-corrected chi connectivity index (χ0v) is 52.4. The van der Waals surface area contributed by atoms with Crippen LogP contribution >= 0.6 is 0 Å². The van der Waals surface area contributed by atoms with Gasteiger partial charge in [0.2, 0.25) is 0 Å². The lowest BCUT2D eigenvalue weighted by atomic mass is 10.0. The van der Waals surface area contributed by atoms with Crippen LogP contribution in [0.5, 0.6) is 0 Å². The third kappa shape index (κ3) is 62.9. The first kappa shape index (κ1) is 76.4. The number of rotatable bonds is 58. The van der Waals surface area contributed by atoms with Crippen LogP contribution in [0.1, 0.15) is 245 Å². The molecular formula is C72H120NO8+. The van der Waals surface area contributed by atoms with Crippen LogP contribution < -0.4 is 0 Å². The van der Waals surface area contributed by atoms with Gasteiger partial charge in [-0.1, -0.05) is 250 Å². The second kappa shape index (κ2) is 61.5. The van der Waals surface area contributed by atoms with Gasteiger partial charge in [0.25, 0.3) is 6.29 Å². The second-order valence-electron chi connectivity index (χ2n) is 22.3. The first-order chi connectivity index (χ1) is 39.6. The van der Waals surface area contributed by atoms with Gasteiger partial charge in [0.15, 0.2) is 6.10 Å². The molecule has 0 bridgehead atoms. The highest BCUT2D eigenvalue weighted by atomic mass is 16.7. The van der Waals surface area contributed by atoms with E-state index in [1.54, 1.807) is 0 Å². The summed E-state index contributed by atoms with van der Waals surface area (Å²) >= 11 is 0. The predicted molar refractivity (Wildman–Crippen MR) is 345 cm³/mol. The van der Waals surface area contributed by atoms with Gasteiger partial charge in [-0.3, -0.25) is 9.59 Å². The molecule has 9 nitrogen and oxygen atoms in total. The van der Waals surface area contributed by atoms with Gasteiger partial charge >= 0.3 is 17.9 Å². The molecule has 9 heteroatoms. The Hall–Kier alpha value is -4.57. The summed E-state index contributed by atoms with van der Waals surface area (Å²) in [5, 5.41) is 9.71. The highest BCUT2D eigenvalue weighted by Gasteiger charge is 2.25. The molecule has 0 aliphatic rings. The highest BCUT2D eigenvalue weighted by Crippen LogP contribution is 2.15. The van der Waals surface area contributed by atoms with Crippen molar-refractivity contribution in [2.45, 2.75) is 257 Å². The molecule has 0 aliphatic carbocycles. The molecule has 0 radical (unpaired) electrons. The van der Waals surface area contributed by atoms with E-state index in [2.05, 4.69) is 148 Å². The van der Waals surface area contributed by atoms with Crippen molar-refractivity contribution in [2.75, 3.05) is 47.5 Å². The molecular weight excluding hydrogens is 1010 g/mol. The maximum Gasteiger partial charge on any atom is 0.361 e. The molecule has 0 saturated heterocycles. The number of nitrogens with zero attached hydrogens (tertiary/aromatic N) is 1. The molecule has 460 valence electrons. The molecule has 2 atom stereocenters. The Morgan fingerprint density at radius 1 is 0.383 bits per heavy atom. The first-order valence-corrected chi connectivity index (χ1v) is 32.3. The van der Waals surface area contributed by atoms with Gasteiger partial charge in [0.05, 0.1) is 34.4 Å². The van der Waals surface area contributed by atoms with Crippen LogP contribution in [0.4, 0.5) is 0 Å². The van der Waals surface area contributed by atoms with Gasteiger partial charge in [0, 0.05) is 12.8 Å². The number of unbranched alkanes of at least 4 members (excludes halogenated alkanes) is 21. The smallest absolute Gasteiger partial charge is 0.361 e. The Balaban J connectivity index is 4.10. The summed E-state index contributed by atoms with van der Waals surface area (Å²) < 4.78 is 22.9. The lowest BCUT2D eigenvalue weighted by Gasteiger charge is -2.25. The highest BCUT2D eigenvalue weighted by molar-refractivity contribution is 5.71. The van der Waals surface area contributed by atoms with Gasteiger partial charge in [-0.25, -0.2) is 4.79 Å². The summed E-state index contributed by atoms with van der Waals surface area (Å²) in [5.41, 5.74) is 0. The molecule has 0 aromatic carbocycles. The number of carboxylic acid groups (broad SMARTS) is 1. The van der Waals surface area contributed by atoms with Crippen LogP contribution in [0.3, 0.4) is 0 Å². The van der Waals surface area contributed by atoms with Crippen molar-refractivity contribution in [3.63, 3.8) is 0 Å². The Morgan fingerprint density at radius 2 is 0.704 bits per heavy atom. The van der Waals surface area contributed by atoms with E-state index in [4.69, 9.17) is 18.9 Å². The quantitative estimate of drug-likeness (QED) is 0.0211. The van der Waals surface area contributed by atoms with E-state index in [9.17, 15) is 19.5 Å². The fourth-order valence-corrected chi connectivity index (χ4v) is 8.45. The molecule has 0 aliphatic heterocycles. The fraction of sp³-hybridized carbons (Fsp3) is 0.653. The number of hydrogen-bond donors (Lipinski definition) is 1. The molecule has 2 unspecified atom stereocenters. The van der Waals surface area contributed by atoms with Gasteiger partial charge in [-0.15, -0.1) is 0 Å². The zero-order chi connectivity index (χ0) is 59.1. The third-order valence-electron chi connectivity index (χ3n) is 13.4. The summed E-state index contributed by atoms with van der Waals surface area (Å²) in [6, 6.07) is 0. The Kier molecular flexibility index (Phi) is 58.0. The normalized spacial score (nSPS) is 13.6. The SMILES string of the molecule is CC/C=C\C/C=C\C/C=C\C/C=C\C/C=C\C/C=C\C/C=C\C/C=C\C/C=C\CCCCCCCCCCCCCCCC(=O)OC(COC(=O)CCCCCCC/C=C\C/C=C\CCCCC)COC(OCC[N+](C)(C)C)C(=O)O. The van der Waals surface area contributed by atoms with Gasteiger partial charge in [-0.2, -0.15) is 0 Å². The van der Waals surface area contributed by atoms with Crippen molar-refractivity contribution in [2.24, 2.45) is 0 Å². The van der Waals surface area contributed by atoms with E-state index < -0.39 is 24.3 Å². The van der Waals surface area contributed by atoms with Crippen LogP contribution in [-0.4, -0.2) is 87.4 Å². The average Bonchev–Trinajstić information content (AvgIpc) is 3.44. The van der Waals surface area contributed by atoms with E-state index >= 15 is 0 Å². The van der Waals surface area contributed by atoms with Crippen molar-refractivity contribution >= 4 is 17.9 Å². The number of allylic oxidation sites excluding steroid dienone is 22. The van der Waals surface area contributed by atoms with Crippen LogP contribution in [0.2, 0.25) is 0 Å². The van der Waals surface area contributed by atoms with Crippen molar-refractivity contribution in [1.82, 2.24) is 0 Å². The number of carbonyl (C=O) groups is 3. The molecule has 0 amide bonds. The van der Waals surface area contributed by atoms with Crippen molar-refractivity contribution < 1.29 is 42.9 Å². The standard InChI is InChI=1S/C72H119NO8/c1-6-8-10-12-14-16-18-20-22-23-24-25-26-27-28-29-30-31-32-33-34-35-36-37-38-39-40-41-42-43-44-45-46-47-49-51-53-55-57-59-61-63-70(75)81-68(67-80-72(71(76)77)78-65-64-73(3,4)5)66-79-69(74)62-60-58-56-54-52-50-48-21-19-17-15-13-11-9-7-2/h8,10,14-17,20-22,24-25,27-28,30-31,33-34,36-37,39-40,48,68,72H,6-7,9,11-13,18-19,23,26,29,32,35,38,41-47,49-67H2,1-5H3/p+1/b10-8-,16-14-,17-15-,22-20-,25-24-,28-27-,31-30-,34-33-,37-36-,40-39-,48-21-. The predicted octanol–water partition coefficient (Wildman–Crippen LogP) is 19.8. The number of likely N-dealkylation sites (N-methyl/N-ethyl adjacent to an activating group) is 1. The number of quaternary nitrogens is 1. The second-order valence-corrected chi connectivity index (χ2v) is 22.3. The van der Waals surface area contributed by atoms with Crippen LogP contribution in [0.25, 0.3) is 0 Å². The zero-order valence-electron chi connectivity index (χ0n) is 52.4. The van der Waals surface area contributed by atoms with E-state index in [0.29, 0.717) is 17.4 Å². The van der Waals surface area contributed by atoms with Crippen molar-refractivity contribution in [1.29, 1.82) is 0 Å². The van der Waals surface area contributed by atoms with Crippen molar-refractivity contribution in [3.05, 3.63) is 134 Å². The largest absolute Gasteiger partial charge is 0.477 e.